The Hall–Kier alpha value is -2.94. The summed E-state index contributed by atoms with van der Waals surface area (Å²) in [4.78, 5) is 14.4. The van der Waals surface area contributed by atoms with Gasteiger partial charge in [-0.25, -0.2) is 8.78 Å². The number of likely N-dealkylation sites (N-methyl/N-ethyl adjacent to an activating group) is 1. The van der Waals surface area contributed by atoms with Gasteiger partial charge in [-0.15, -0.1) is 10.2 Å². The second kappa shape index (κ2) is 6.55. The highest BCUT2D eigenvalue weighted by molar-refractivity contribution is 5.94. The Morgan fingerprint density at radius 1 is 1.21 bits per heavy atom. The number of anilines is 1. The molecule has 29 heavy (non-hydrogen) atoms. The van der Waals surface area contributed by atoms with Gasteiger partial charge in [0.25, 0.3) is 0 Å². The number of hydrogen-bond donors (Lipinski definition) is 1. The molecule has 1 aliphatic heterocycles. The number of benzene rings is 1. The van der Waals surface area contributed by atoms with Gasteiger partial charge in [0.05, 0.1) is 24.0 Å². The quantitative estimate of drug-likeness (QED) is 0.734. The maximum Gasteiger partial charge on any atom is 0.249 e. The van der Waals surface area contributed by atoms with Crippen molar-refractivity contribution in [1.29, 1.82) is 0 Å². The van der Waals surface area contributed by atoms with Crippen LogP contribution in [-0.4, -0.2) is 50.3 Å². The summed E-state index contributed by atoms with van der Waals surface area (Å²) < 4.78 is 28.0. The van der Waals surface area contributed by atoms with Crippen LogP contribution in [0.3, 0.4) is 0 Å². The maximum atomic E-state index is 13.0. The number of nitrogens with zero attached hydrogens (tertiary/aromatic N) is 5. The van der Waals surface area contributed by atoms with E-state index in [2.05, 4.69) is 32.6 Å². The van der Waals surface area contributed by atoms with Crippen LogP contribution in [-0.2, 0) is 17.9 Å². The van der Waals surface area contributed by atoms with Crippen LogP contribution in [0.25, 0.3) is 22.0 Å². The van der Waals surface area contributed by atoms with E-state index in [1.54, 1.807) is 6.07 Å². The number of rotatable bonds is 3. The lowest BCUT2D eigenvalue weighted by atomic mass is 9.81. The van der Waals surface area contributed by atoms with E-state index in [9.17, 15) is 13.6 Å². The molecule has 3 heterocycles. The van der Waals surface area contributed by atoms with Crippen molar-refractivity contribution in [2.45, 2.75) is 31.9 Å². The molecule has 1 fully saturated rings. The molecule has 2 aromatic heterocycles. The lowest BCUT2D eigenvalue weighted by Gasteiger charge is -2.33. The number of carbonyl (C=O) groups is 1. The molecule has 0 radical (unpaired) electrons. The minimum Gasteiger partial charge on any atom is -0.309 e. The highest BCUT2D eigenvalue weighted by Gasteiger charge is 2.48. The SMILES string of the molecule is CN1CCn2ncc(-c3ccc4nnc(NC(=O)C5CC(F)(F)C5)cc4c3)c2C1. The molecule has 5 rings (SSSR count). The van der Waals surface area contributed by atoms with Crippen LogP contribution in [0.4, 0.5) is 14.6 Å². The normalized spacial score (nSPS) is 19.0. The van der Waals surface area contributed by atoms with E-state index in [0.29, 0.717) is 5.52 Å². The van der Waals surface area contributed by atoms with Gasteiger partial charge in [0.2, 0.25) is 11.8 Å². The molecule has 1 N–H and O–H groups in total. The summed E-state index contributed by atoms with van der Waals surface area (Å²) in [6.07, 6.45) is 1.06. The first-order chi connectivity index (χ1) is 13.9. The fraction of sp³-hybridized carbons (Fsp3) is 0.400. The van der Waals surface area contributed by atoms with E-state index >= 15 is 0 Å². The lowest BCUT2D eigenvalue weighted by Crippen LogP contribution is -2.42. The second-order valence-electron chi connectivity index (χ2n) is 7.92. The zero-order valence-electron chi connectivity index (χ0n) is 15.9. The van der Waals surface area contributed by atoms with Crippen molar-refractivity contribution in [2.75, 3.05) is 18.9 Å². The van der Waals surface area contributed by atoms with Gasteiger partial charge in [-0.1, -0.05) is 6.07 Å². The van der Waals surface area contributed by atoms with E-state index in [0.717, 1.165) is 36.1 Å². The monoisotopic (exact) mass is 398 g/mol. The number of alkyl halides is 2. The minimum absolute atomic E-state index is 0.270. The molecule has 3 aromatic rings. The van der Waals surface area contributed by atoms with Gasteiger partial charge in [0.15, 0.2) is 5.82 Å². The van der Waals surface area contributed by atoms with Crippen LogP contribution < -0.4 is 5.32 Å². The molecule has 0 saturated heterocycles. The van der Waals surface area contributed by atoms with Gasteiger partial charge >= 0.3 is 0 Å². The molecule has 1 amide bonds. The molecule has 0 atom stereocenters. The number of fused-ring (bicyclic) bond motifs is 2. The zero-order chi connectivity index (χ0) is 20.2. The third-order valence-corrected chi connectivity index (χ3v) is 5.67. The second-order valence-corrected chi connectivity index (χ2v) is 7.92. The smallest absolute Gasteiger partial charge is 0.249 e. The summed E-state index contributed by atoms with van der Waals surface area (Å²) >= 11 is 0. The number of aromatic nitrogens is 4. The van der Waals surface area contributed by atoms with Gasteiger partial charge in [-0.2, -0.15) is 5.10 Å². The van der Waals surface area contributed by atoms with E-state index in [4.69, 9.17) is 0 Å². The largest absolute Gasteiger partial charge is 0.309 e. The highest BCUT2D eigenvalue weighted by Crippen LogP contribution is 2.42. The average molecular weight is 398 g/mol. The Labute approximate surface area is 165 Å². The van der Waals surface area contributed by atoms with Crippen LogP contribution in [0, 0.1) is 5.92 Å². The molecule has 0 spiro atoms. The average Bonchev–Trinajstić information content (AvgIpc) is 3.08. The topological polar surface area (TPSA) is 75.9 Å². The number of nitrogens with one attached hydrogen (secondary N) is 1. The number of carbonyl (C=O) groups excluding carboxylic acids is 1. The Bertz CT molecular complexity index is 1100. The summed E-state index contributed by atoms with van der Waals surface area (Å²) in [5, 5.41) is 16.1. The van der Waals surface area contributed by atoms with Crippen molar-refractivity contribution >= 4 is 22.6 Å². The fourth-order valence-corrected chi connectivity index (χ4v) is 3.96. The van der Waals surface area contributed by atoms with E-state index < -0.39 is 30.6 Å². The summed E-state index contributed by atoms with van der Waals surface area (Å²) in [6.45, 7) is 2.66. The number of amides is 1. The minimum atomic E-state index is -2.73. The van der Waals surface area contributed by atoms with Crippen LogP contribution in [0.1, 0.15) is 18.5 Å². The molecule has 150 valence electrons. The fourth-order valence-electron chi connectivity index (χ4n) is 3.96. The van der Waals surface area contributed by atoms with Crippen molar-refractivity contribution < 1.29 is 13.6 Å². The van der Waals surface area contributed by atoms with Crippen molar-refractivity contribution in [3.8, 4) is 11.1 Å². The molecule has 9 heteroatoms. The number of hydrogen-bond acceptors (Lipinski definition) is 5. The third-order valence-electron chi connectivity index (χ3n) is 5.67. The first-order valence-electron chi connectivity index (χ1n) is 9.58. The van der Waals surface area contributed by atoms with Gasteiger partial charge in [-0.05, 0) is 30.8 Å². The predicted molar refractivity (Wildman–Crippen MR) is 103 cm³/mol. The first-order valence-corrected chi connectivity index (χ1v) is 9.58. The van der Waals surface area contributed by atoms with E-state index in [1.807, 2.05) is 29.1 Å². The summed E-state index contributed by atoms with van der Waals surface area (Å²) in [5.41, 5.74) is 3.94. The molecule has 1 aromatic carbocycles. The van der Waals surface area contributed by atoms with Crippen molar-refractivity contribution in [1.82, 2.24) is 24.9 Å². The van der Waals surface area contributed by atoms with Gasteiger partial charge < -0.3 is 5.32 Å². The Kier molecular flexibility index (Phi) is 4.09. The van der Waals surface area contributed by atoms with Crippen LogP contribution in [0.2, 0.25) is 0 Å². The molecular formula is C20H20F2N6O. The van der Waals surface area contributed by atoms with Crippen LogP contribution in [0.15, 0.2) is 30.5 Å². The molecule has 0 bridgehead atoms. The van der Waals surface area contributed by atoms with Crippen molar-refractivity contribution in [3.05, 3.63) is 36.2 Å². The van der Waals surface area contributed by atoms with E-state index in [-0.39, 0.29) is 5.82 Å². The molecule has 1 saturated carbocycles. The Morgan fingerprint density at radius 3 is 2.83 bits per heavy atom. The lowest BCUT2D eigenvalue weighted by molar-refractivity contribution is -0.145. The number of halogens is 2. The maximum absolute atomic E-state index is 13.0. The molecule has 7 nitrogen and oxygen atoms in total. The van der Waals surface area contributed by atoms with Crippen LogP contribution in [0.5, 0.6) is 0 Å². The Balaban J connectivity index is 1.42. The van der Waals surface area contributed by atoms with Gasteiger partial charge in [0, 0.05) is 42.8 Å². The first kappa shape index (κ1) is 18.1. The van der Waals surface area contributed by atoms with E-state index in [1.165, 1.54) is 5.69 Å². The molecule has 2 aliphatic rings. The van der Waals surface area contributed by atoms with Gasteiger partial charge in [0.1, 0.15) is 0 Å². The van der Waals surface area contributed by atoms with Crippen molar-refractivity contribution in [2.24, 2.45) is 5.92 Å². The highest BCUT2D eigenvalue weighted by atomic mass is 19.3. The molecular weight excluding hydrogens is 378 g/mol. The van der Waals surface area contributed by atoms with Crippen LogP contribution >= 0.6 is 0 Å². The van der Waals surface area contributed by atoms with Crippen molar-refractivity contribution in [3.63, 3.8) is 0 Å². The molecule has 1 aliphatic carbocycles. The Morgan fingerprint density at radius 2 is 2.03 bits per heavy atom. The molecule has 0 unspecified atom stereocenters. The third kappa shape index (κ3) is 3.35. The predicted octanol–water partition coefficient (Wildman–Crippen LogP) is 2.92. The summed E-state index contributed by atoms with van der Waals surface area (Å²) in [7, 11) is 2.09. The standard InChI is InChI=1S/C20H20F2N6O/c1-27-4-5-28-17(11-27)15(10-23-28)12-2-3-16-13(6-12)7-18(26-25-16)24-19(29)14-8-20(21,22)9-14/h2-3,6-7,10,14H,4-5,8-9,11H2,1H3,(H,24,26,29). The summed E-state index contributed by atoms with van der Waals surface area (Å²) in [5.74, 6) is -3.57. The van der Waals surface area contributed by atoms with Gasteiger partial charge in [-0.3, -0.25) is 14.4 Å². The summed E-state index contributed by atoms with van der Waals surface area (Å²) in [6, 6.07) is 7.58. The zero-order valence-corrected chi connectivity index (χ0v) is 15.9.